The number of alkyl halides is 2. The molecule has 21 heavy (non-hydrogen) atoms. The van der Waals surface area contributed by atoms with E-state index in [1.165, 1.54) is 26.0 Å². The Morgan fingerprint density at radius 2 is 1.95 bits per heavy atom. The summed E-state index contributed by atoms with van der Waals surface area (Å²) in [4.78, 5) is 22.9. The minimum Gasteiger partial charge on any atom is -0.481 e. The normalized spacial score (nSPS) is 11.3. The Hall–Kier alpha value is -1.83. The molecule has 0 saturated carbocycles. The molecule has 116 valence electrons. The predicted octanol–water partition coefficient (Wildman–Crippen LogP) is 3.23. The van der Waals surface area contributed by atoms with Crippen LogP contribution in [0.5, 0.6) is 0 Å². The molecule has 8 heteroatoms. The topological polar surface area (TPSA) is 78.4 Å². The first kappa shape index (κ1) is 17.2. The van der Waals surface area contributed by atoms with Crippen molar-refractivity contribution in [1.82, 2.24) is 5.32 Å². The summed E-state index contributed by atoms with van der Waals surface area (Å²) in [6.07, 6.45) is 0. The van der Waals surface area contributed by atoms with Crippen LogP contribution in [0.3, 0.4) is 0 Å². The Balaban J connectivity index is 2.65. The van der Waals surface area contributed by atoms with Gasteiger partial charge in [0.05, 0.1) is 11.1 Å². The van der Waals surface area contributed by atoms with Gasteiger partial charge in [0.2, 0.25) is 0 Å². The van der Waals surface area contributed by atoms with Crippen LogP contribution in [-0.2, 0) is 4.79 Å². The molecule has 1 aromatic rings. The zero-order valence-electron chi connectivity index (χ0n) is 11.5. The van der Waals surface area contributed by atoms with Crippen LogP contribution < -0.4 is 10.6 Å². The fourth-order valence-electron chi connectivity index (χ4n) is 1.31. The van der Waals surface area contributed by atoms with Gasteiger partial charge in [0, 0.05) is 11.4 Å². The number of halogens is 2. The Kier molecular flexibility index (Phi) is 5.95. The van der Waals surface area contributed by atoms with Crippen LogP contribution in [-0.4, -0.2) is 29.4 Å². The second-order valence-corrected chi connectivity index (χ2v) is 5.90. The van der Waals surface area contributed by atoms with Gasteiger partial charge in [-0.05, 0) is 26.0 Å². The van der Waals surface area contributed by atoms with Gasteiger partial charge in [0.15, 0.2) is 0 Å². The number of hydrogen-bond acceptors (Lipinski definition) is 3. The second kappa shape index (κ2) is 7.26. The van der Waals surface area contributed by atoms with Crippen molar-refractivity contribution in [2.24, 2.45) is 5.41 Å². The highest BCUT2D eigenvalue weighted by Crippen LogP contribution is 2.31. The van der Waals surface area contributed by atoms with Crippen LogP contribution >= 0.6 is 11.8 Å². The van der Waals surface area contributed by atoms with Crippen LogP contribution in [0.2, 0.25) is 0 Å². The lowest BCUT2D eigenvalue weighted by Crippen LogP contribution is -2.40. The molecule has 0 aliphatic heterocycles. The van der Waals surface area contributed by atoms with Crippen molar-refractivity contribution in [3.05, 3.63) is 24.3 Å². The monoisotopic (exact) mass is 318 g/mol. The van der Waals surface area contributed by atoms with Crippen LogP contribution in [0.1, 0.15) is 13.8 Å². The SMILES string of the molecule is CC(C)(CNC(=O)Nc1ccccc1SC(F)F)C(=O)O. The van der Waals surface area contributed by atoms with Gasteiger partial charge in [-0.15, -0.1) is 0 Å². The van der Waals surface area contributed by atoms with Gasteiger partial charge in [-0.1, -0.05) is 23.9 Å². The molecule has 1 rings (SSSR count). The number of urea groups is 1. The second-order valence-electron chi connectivity index (χ2n) is 4.87. The first-order chi connectivity index (χ1) is 9.72. The van der Waals surface area contributed by atoms with Crippen molar-refractivity contribution in [2.75, 3.05) is 11.9 Å². The molecule has 2 amide bonds. The first-order valence-corrected chi connectivity index (χ1v) is 6.92. The van der Waals surface area contributed by atoms with E-state index in [9.17, 15) is 18.4 Å². The van der Waals surface area contributed by atoms with E-state index in [-0.39, 0.29) is 17.1 Å². The molecule has 0 spiro atoms. The van der Waals surface area contributed by atoms with Gasteiger partial charge in [-0.2, -0.15) is 8.78 Å². The molecule has 5 nitrogen and oxygen atoms in total. The Morgan fingerprint density at radius 1 is 1.33 bits per heavy atom. The van der Waals surface area contributed by atoms with Crippen molar-refractivity contribution in [3.63, 3.8) is 0 Å². The largest absolute Gasteiger partial charge is 0.481 e. The highest BCUT2D eigenvalue weighted by Gasteiger charge is 2.27. The van der Waals surface area contributed by atoms with Gasteiger partial charge < -0.3 is 15.7 Å². The van der Waals surface area contributed by atoms with Crippen molar-refractivity contribution in [1.29, 1.82) is 0 Å². The van der Waals surface area contributed by atoms with E-state index in [4.69, 9.17) is 5.11 Å². The van der Waals surface area contributed by atoms with E-state index in [0.717, 1.165) is 0 Å². The minimum absolute atomic E-state index is 0.0850. The summed E-state index contributed by atoms with van der Waals surface area (Å²) in [5.41, 5.74) is -0.873. The summed E-state index contributed by atoms with van der Waals surface area (Å²) in [5, 5.41) is 13.8. The number of carboxylic acid groups (broad SMARTS) is 1. The Labute approximate surface area is 125 Å². The van der Waals surface area contributed by atoms with E-state index in [1.807, 2.05) is 0 Å². The fourth-order valence-corrected chi connectivity index (χ4v) is 1.91. The standard InChI is InChI=1S/C13H16F2N2O3S/c1-13(2,10(18)19)7-16-12(20)17-8-5-3-4-6-9(8)21-11(14)15/h3-6,11H,7H2,1-2H3,(H,18,19)(H2,16,17,20). The molecular formula is C13H16F2N2O3S. The van der Waals surface area contributed by atoms with Gasteiger partial charge in [-0.3, -0.25) is 4.79 Å². The molecule has 0 radical (unpaired) electrons. The smallest absolute Gasteiger partial charge is 0.319 e. The maximum atomic E-state index is 12.4. The third kappa shape index (κ3) is 5.58. The number of carboxylic acids is 1. The van der Waals surface area contributed by atoms with Crippen LogP contribution in [0.15, 0.2) is 29.2 Å². The van der Waals surface area contributed by atoms with E-state index in [2.05, 4.69) is 10.6 Å². The Morgan fingerprint density at radius 3 is 2.52 bits per heavy atom. The fraction of sp³-hybridized carbons (Fsp3) is 0.385. The van der Waals surface area contributed by atoms with E-state index in [0.29, 0.717) is 11.8 Å². The summed E-state index contributed by atoms with van der Waals surface area (Å²) in [5.74, 6) is -3.64. The molecule has 1 aromatic carbocycles. The van der Waals surface area contributed by atoms with Crippen molar-refractivity contribution < 1.29 is 23.5 Å². The lowest BCUT2D eigenvalue weighted by Gasteiger charge is -2.20. The quantitative estimate of drug-likeness (QED) is 0.704. The molecule has 0 atom stereocenters. The molecule has 0 unspecified atom stereocenters. The number of carbonyl (C=O) groups excluding carboxylic acids is 1. The number of hydrogen-bond donors (Lipinski definition) is 3. The molecule has 0 aromatic heterocycles. The average Bonchev–Trinajstić information content (AvgIpc) is 2.38. The average molecular weight is 318 g/mol. The number of nitrogens with one attached hydrogen (secondary N) is 2. The number of benzene rings is 1. The first-order valence-electron chi connectivity index (χ1n) is 6.04. The number of thioether (sulfide) groups is 1. The van der Waals surface area contributed by atoms with Crippen molar-refractivity contribution in [3.8, 4) is 0 Å². The van der Waals surface area contributed by atoms with Gasteiger partial charge in [-0.25, -0.2) is 4.79 Å². The molecule has 0 fully saturated rings. The summed E-state index contributed by atoms with van der Waals surface area (Å²) in [6.45, 7) is 2.85. The molecule has 3 N–H and O–H groups in total. The zero-order valence-corrected chi connectivity index (χ0v) is 12.3. The number of para-hydroxylation sites is 1. The predicted molar refractivity (Wildman–Crippen MR) is 76.7 cm³/mol. The maximum absolute atomic E-state index is 12.4. The van der Waals surface area contributed by atoms with Crippen molar-refractivity contribution in [2.45, 2.75) is 24.5 Å². The van der Waals surface area contributed by atoms with Crippen LogP contribution in [0.25, 0.3) is 0 Å². The summed E-state index contributed by atoms with van der Waals surface area (Å²) in [7, 11) is 0. The van der Waals surface area contributed by atoms with E-state index < -0.39 is 23.2 Å². The lowest BCUT2D eigenvalue weighted by atomic mass is 9.94. The van der Waals surface area contributed by atoms with Crippen LogP contribution in [0.4, 0.5) is 19.3 Å². The number of anilines is 1. The van der Waals surface area contributed by atoms with Crippen molar-refractivity contribution >= 4 is 29.4 Å². The summed E-state index contributed by atoms with van der Waals surface area (Å²) >= 11 is 0.326. The molecule has 0 aliphatic rings. The molecule has 0 aliphatic carbocycles. The third-order valence-corrected chi connectivity index (χ3v) is 3.41. The lowest BCUT2D eigenvalue weighted by molar-refractivity contribution is -0.146. The van der Waals surface area contributed by atoms with Gasteiger partial charge in [0.25, 0.3) is 5.76 Å². The summed E-state index contributed by atoms with van der Waals surface area (Å²) in [6, 6.07) is 5.50. The van der Waals surface area contributed by atoms with E-state index >= 15 is 0 Å². The molecule has 0 heterocycles. The van der Waals surface area contributed by atoms with E-state index in [1.54, 1.807) is 12.1 Å². The number of rotatable bonds is 6. The number of amides is 2. The van der Waals surface area contributed by atoms with Gasteiger partial charge >= 0.3 is 12.0 Å². The van der Waals surface area contributed by atoms with Gasteiger partial charge in [0.1, 0.15) is 0 Å². The third-order valence-electron chi connectivity index (χ3n) is 2.62. The molecular weight excluding hydrogens is 302 g/mol. The number of aliphatic carboxylic acids is 1. The summed E-state index contributed by atoms with van der Waals surface area (Å²) < 4.78 is 24.8. The van der Waals surface area contributed by atoms with Crippen LogP contribution in [0, 0.1) is 5.41 Å². The Bertz CT molecular complexity index is 524. The minimum atomic E-state index is -2.60. The number of carbonyl (C=O) groups is 2. The molecule has 0 saturated heterocycles. The highest BCUT2D eigenvalue weighted by molar-refractivity contribution is 7.99. The molecule has 0 bridgehead atoms. The highest BCUT2D eigenvalue weighted by atomic mass is 32.2. The zero-order chi connectivity index (χ0) is 16.0. The maximum Gasteiger partial charge on any atom is 0.319 e.